The maximum Gasteiger partial charge on any atom is 0.417 e. The second-order valence-electron chi connectivity index (χ2n) is 11.8. The van der Waals surface area contributed by atoms with Crippen molar-refractivity contribution in [3.8, 4) is 23.2 Å². The number of nitrogens with two attached hydrogens (primary N) is 1. The van der Waals surface area contributed by atoms with Crippen molar-refractivity contribution in [2.24, 2.45) is 0 Å². The lowest BCUT2D eigenvalue weighted by atomic mass is 9.92. The topological polar surface area (TPSA) is 112 Å². The summed E-state index contributed by atoms with van der Waals surface area (Å²) in [5.74, 6) is -2.24. The van der Waals surface area contributed by atoms with Gasteiger partial charge in [-0.15, -0.1) is 11.3 Å². The van der Waals surface area contributed by atoms with Crippen LogP contribution >= 0.6 is 11.3 Å². The van der Waals surface area contributed by atoms with Gasteiger partial charge in [0.15, 0.2) is 5.82 Å². The summed E-state index contributed by atoms with van der Waals surface area (Å²) in [6.45, 7) is 0.980. The minimum absolute atomic E-state index is 0.00476. The first kappa shape index (κ1) is 29.8. The second kappa shape index (κ2) is 10.6. The van der Waals surface area contributed by atoms with Gasteiger partial charge < -0.3 is 20.5 Å². The van der Waals surface area contributed by atoms with E-state index < -0.39 is 52.2 Å². The number of halogens is 6. The Morgan fingerprint density at radius 2 is 2.02 bits per heavy atom. The molecular weight excluding hydrogens is 622 g/mol. The highest BCUT2D eigenvalue weighted by atomic mass is 32.1. The van der Waals surface area contributed by atoms with Crippen LogP contribution in [-0.2, 0) is 6.18 Å². The lowest BCUT2D eigenvalue weighted by molar-refractivity contribution is -0.137. The molecule has 0 spiro atoms. The average Bonchev–Trinajstić information content (AvgIpc) is 3.61. The normalized spacial score (nSPS) is 23.5. The first-order valence-electron chi connectivity index (χ1n) is 14.4. The van der Waals surface area contributed by atoms with E-state index in [2.05, 4.69) is 9.97 Å². The van der Waals surface area contributed by atoms with E-state index in [-0.39, 0.29) is 69.6 Å². The van der Waals surface area contributed by atoms with Crippen LogP contribution in [0.4, 0.5) is 37.2 Å². The highest BCUT2D eigenvalue weighted by Crippen LogP contribution is 2.48. The van der Waals surface area contributed by atoms with Crippen molar-refractivity contribution in [1.29, 1.82) is 5.26 Å². The molecule has 2 aromatic carbocycles. The van der Waals surface area contributed by atoms with Crippen LogP contribution in [0, 0.1) is 23.0 Å². The Balaban J connectivity index is 1.46. The Bertz CT molecular complexity index is 1890. The minimum Gasteiger partial charge on any atom is -0.461 e. The molecule has 0 bridgehead atoms. The van der Waals surface area contributed by atoms with E-state index in [4.69, 9.17) is 10.5 Å². The van der Waals surface area contributed by atoms with Crippen LogP contribution < -0.4 is 15.4 Å². The minimum atomic E-state index is -5.09. The maximum absolute atomic E-state index is 16.8. The van der Waals surface area contributed by atoms with E-state index >= 15 is 4.39 Å². The highest BCUT2D eigenvalue weighted by molar-refractivity contribution is 7.23. The number of ether oxygens (including phenoxy) is 1. The summed E-state index contributed by atoms with van der Waals surface area (Å²) in [4.78, 5) is 12.2. The van der Waals surface area contributed by atoms with Crippen molar-refractivity contribution in [3.05, 3.63) is 41.0 Å². The summed E-state index contributed by atoms with van der Waals surface area (Å²) in [5, 5.41) is 19.0. The summed E-state index contributed by atoms with van der Waals surface area (Å²) in [6.07, 6.45) is -3.84. The molecule has 0 unspecified atom stereocenters. The molecule has 0 amide bonds. The van der Waals surface area contributed by atoms with Gasteiger partial charge in [0.05, 0.1) is 34.0 Å². The molecule has 3 saturated heterocycles. The van der Waals surface area contributed by atoms with Crippen LogP contribution in [0.3, 0.4) is 0 Å². The Morgan fingerprint density at radius 3 is 2.71 bits per heavy atom. The van der Waals surface area contributed by atoms with Gasteiger partial charge >= 0.3 is 12.2 Å². The summed E-state index contributed by atoms with van der Waals surface area (Å²) in [6, 6.07) is 3.65. The molecular formula is C30H26F6N6O2S. The van der Waals surface area contributed by atoms with Gasteiger partial charge in [-0.1, -0.05) is 6.07 Å². The number of nitrogen functional groups attached to an aromatic ring is 1. The first-order chi connectivity index (χ1) is 21.5. The van der Waals surface area contributed by atoms with Crippen molar-refractivity contribution in [2.45, 2.75) is 49.6 Å². The number of fused-ring (bicyclic) bond motifs is 3. The SMILES string of the molecule is N#Cc1c(N)sc2c(F)ccc(-c3c(C(F)(F)F)cc4c(N5CC[C@@H]5CO)nc(OC[C@@]56CCCN5C[C@H](F)C6)nc4c3F)c12. The van der Waals surface area contributed by atoms with Crippen molar-refractivity contribution < 1.29 is 36.2 Å². The van der Waals surface area contributed by atoms with Crippen molar-refractivity contribution >= 4 is 43.1 Å². The Morgan fingerprint density at radius 1 is 1.22 bits per heavy atom. The number of nitrogens with zero attached hydrogens (tertiary/aromatic N) is 5. The summed E-state index contributed by atoms with van der Waals surface area (Å²) >= 11 is 0.679. The molecule has 2 aromatic heterocycles. The fraction of sp³-hybridized carbons (Fsp3) is 0.433. The molecule has 3 aliphatic heterocycles. The smallest absolute Gasteiger partial charge is 0.417 e. The van der Waals surface area contributed by atoms with E-state index in [9.17, 15) is 32.3 Å². The van der Waals surface area contributed by atoms with Crippen LogP contribution in [0.1, 0.15) is 36.8 Å². The third kappa shape index (κ3) is 4.64. The number of hydrogen-bond acceptors (Lipinski definition) is 9. The molecule has 15 heteroatoms. The number of aromatic nitrogens is 2. The molecule has 7 rings (SSSR count). The first-order valence-corrected chi connectivity index (χ1v) is 15.2. The zero-order valence-electron chi connectivity index (χ0n) is 23.6. The van der Waals surface area contributed by atoms with Crippen LogP contribution in [0.2, 0.25) is 0 Å². The maximum atomic E-state index is 16.8. The number of benzene rings is 2. The molecule has 0 saturated carbocycles. The molecule has 8 nitrogen and oxygen atoms in total. The number of hydrogen-bond donors (Lipinski definition) is 2. The van der Waals surface area contributed by atoms with Gasteiger partial charge in [0.25, 0.3) is 0 Å². The van der Waals surface area contributed by atoms with E-state index in [0.29, 0.717) is 37.3 Å². The van der Waals surface area contributed by atoms with Crippen LogP contribution in [0.15, 0.2) is 18.2 Å². The molecule has 3 aliphatic rings. The number of rotatable bonds is 6. The number of thiophene rings is 1. The van der Waals surface area contributed by atoms with Gasteiger partial charge in [0.1, 0.15) is 41.0 Å². The molecule has 0 radical (unpaired) electrons. The molecule has 3 atom stereocenters. The molecule has 5 heterocycles. The van der Waals surface area contributed by atoms with Gasteiger partial charge in [-0.25, -0.2) is 13.2 Å². The zero-order valence-corrected chi connectivity index (χ0v) is 24.4. The zero-order chi connectivity index (χ0) is 31.8. The second-order valence-corrected chi connectivity index (χ2v) is 12.8. The van der Waals surface area contributed by atoms with Crippen LogP contribution in [-0.4, -0.2) is 70.6 Å². The van der Waals surface area contributed by atoms with Crippen molar-refractivity contribution in [2.75, 3.05) is 43.5 Å². The standard InChI is InChI=1S/C30H26F6N6O2S/c31-14-9-29(5-1-6-41(29)11-14)13-44-28-39-24-17(27(40-28)42-7-4-15(42)12-43)8-19(30(34,35)36)22(23(24)33)16-2-3-20(32)25-21(16)18(10-37)26(38)45-25/h2-3,8,14-15,43H,1,4-7,9,11-13,38H2/t14-,15-,29+/m1/s1. The number of nitriles is 1. The third-order valence-electron chi connectivity index (χ3n) is 9.25. The Labute approximate surface area is 256 Å². The van der Waals surface area contributed by atoms with E-state index in [0.717, 1.165) is 24.6 Å². The molecule has 236 valence electrons. The van der Waals surface area contributed by atoms with Crippen LogP contribution in [0.5, 0.6) is 6.01 Å². The molecule has 4 aromatic rings. The van der Waals surface area contributed by atoms with Gasteiger partial charge in [-0.2, -0.15) is 28.4 Å². The Kier molecular flexibility index (Phi) is 7.03. The number of anilines is 2. The predicted molar refractivity (Wildman–Crippen MR) is 156 cm³/mol. The van der Waals surface area contributed by atoms with E-state index in [1.165, 1.54) is 0 Å². The number of aliphatic hydroxyl groups is 1. The van der Waals surface area contributed by atoms with Crippen LogP contribution in [0.25, 0.3) is 32.1 Å². The summed E-state index contributed by atoms with van der Waals surface area (Å²) in [7, 11) is 0. The molecule has 3 fully saturated rings. The predicted octanol–water partition coefficient (Wildman–Crippen LogP) is 5.79. The molecule has 3 N–H and O–H groups in total. The Hall–Kier alpha value is -3.87. The summed E-state index contributed by atoms with van der Waals surface area (Å²) in [5.41, 5.74) is 1.87. The van der Waals surface area contributed by atoms with Gasteiger partial charge in [-0.3, -0.25) is 4.90 Å². The van der Waals surface area contributed by atoms with Gasteiger partial charge in [-0.05, 0) is 43.5 Å². The molecule has 45 heavy (non-hydrogen) atoms. The highest BCUT2D eigenvalue weighted by Gasteiger charge is 2.49. The largest absolute Gasteiger partial charge is 0.461 e. The number of alkyl halides is 4. The molecule has 0 aliphatic carbocycles. The fourth-order valence-electron chi connectivity index (χ4n) is 7.03. The number of aliphatic hydroxyl groups excluding tert-OH is 1. The van der Waals surface area contributed by atoms with E-state index in [1.54, 1.807) is 11.0 Å². The van der Waals surface area contributed by atoms with Crippen molar-refractivity contribution in [3.63, 3.8) is 0 Å². The van der Waals surface area contributed by atoms with Crippen molar-refractivity contribution in [1.82, 2.24) is 14.9 Å². The quantitative estimate of drug-likeness (QED) is 0.253. The lowest BCUT2D eigenvalue weighted by Crippen LogP contribution is -2.50. The lowest BCUT2D eigenvalue weighted by Gasteiger charge is -2.41. The third-order valence-corrected chi connectivity index (χ3v) is 10.3. The average molecular weight is 649 g/mol. The van der Waals surface area contributed by atoms with Gasteiger partial charge in [0, 0.05) is 35.8 Å². The monoisotopic (exact) mass is 648 g/mol. The fourth-order valence-corrected chi connectivity index (χ4v) is 7.98. The van der Waals surface area contributed by atoms with Gasteiger partial charge in [0.2, 0.25) is 0 Å². The van der Waals surface area contributed by atoms with E-state index in [1.807, 2.05) is 4.90 Å². The summed E-state index contributed by atoms with van der Waals surface area (Å²) < 4.78 is 95.9.